The fourth-order valence-corrected chi connectivity index (χ4v) is 3.76. The van der Waals surface area contributed by atoms with E-state index in [-0.39, 0.29) is 23.3 Å². The van der Waals surface area contributed by atoms with Crippen molar-refractivity contribution in [2.75, 3.05) is 14.2 Å². The molecule has 134 valence electrons. The van der Waals surface area contributed by atoms with E-state index in [2.05, 4.69) is 0 Å². The maximum absolute atomic E-state index is 11.2. The topological polar surface area (TPSA) is 79.2 Å². The second-order valence-electron chi connectivity index (χ2n) is 6.92. The molecule has 0 unspecified atom stereocenters. The Bertz CT molecular complexity index is 797. The Hall–Kier alpha value is -2.40. The van der Waals surface area contributed by atoms with Crippen LogP contribution in [0.3, 0.4) is 0 Å². The molecule has 0 aromatic heterocycles. The van der Waals surface area contributed by atoms with Crippen molar-refractivity contribution < 1.29 is 24.8 Å². The van der Waals surface area contributed by atoms with Gasteiger partial charge in [0.1, 0.15) is 0 Å². The highest BCUT2D eigenvalue weighted by molar-refractivity contribution is 5.54. The number of phenolic OH excluding ortho intramolecular Hbond substituents is 2. The first-order valence-electron chi connectivity index (χ1n) is 8.28. The molecule has 1 aliphatic carbocycles. The Morgan fingerprint density at radius 3 is 2.28 bits per heavy atom. The van der Waals surface area contributed by atoms with E-state index in [9.17, 15) is 15.3 Å². The van der Waals surface area contributed by atoms with Gasteiger partial charge in [-0.05, 0) is 60.2 Å². The molecule has 0 fully saturated rings. The first-order chi connectivity index (χ1) is 11.8. The lowest BCUT2D eigenvalue weighted by Gasteiger charge is -2.44. The maximum Gasteiger partial charge on any atom is 0.160 e. The van der Waals surface area contributed by atoms with Gasteiger partial charge in [0.2, 0.25) is 0 Å². The smallest absolute Gasteiger partial charge is 0.160 e. The number of methoxy groups -OCH3 is 2. The lowest BCUT2D eigenvalue weighted by Crippen LogP contribution is -2.44. The Balaban J connectivity index is 2.22. The van der Waals surface area contributed by atoms with Gasteiger partial charge in [0.05, 0.1) is 19.8 Å². The minimum atomic E-state index is -1.02. The maximum atomic E-state index is 11.2. The van der Waals surface area contributed by atoms with E-state index in [1.165, 1.54) is 14.2 Å². The third-order valence-corrected chi connectivity index (χ3v) is 5.40. The number of aliphatic hydroxyl groups is 1. The Morgan fingerprint density at radius 2 is 1.64 bits per heavy atom. The summed E-state index contributed by atoms with van der Waals surface area (Å²) in [5.41, 5.74) is 1.69. The van der Waals surface area contributed by atoms with Gasteiger partial charge >= 0.3 is 0 Å². The first-order valence-corrected chi connectivity index (χ1v) is 8.28. The predicted molar refractivity (Wildman–Crippen MR) is 94.7 cm³/mol. The standard InChI is InChI=1S/C20H24O5/c1-11-7-13-9-18(25-4)16(22)10-14(13)19(20(11,2)23)12-5-6-15(21)17(8-12)24-3/h5-6,8-11,19,21-23H,7H2,1-4H3/t11-,19+,20-/m0/s1. The molecule has 25 heavy (non-hydrogen) atoms. The van der Waals surface area contributed by atoms with E-state index in [1.54, 1.807) is 24.3 Å². The lowest BCUT2D eigenvalue weighted by molar-refractivity contribution is -0.0162. The van der Waals surface area contributed by atoms with Crippen LogP contribution in [0, 0.1) is 5.92 Å². The molecule has 0 saturated heterocycles. The van der Waals surface area contributed by atoms with E-state index in [0.717, 1.165) is 16.7 Å². The fourth-order valence-electron chi connectivity index (χ4n) is 3.76. The quantitative estimate of drug-likeness (QED) is 0.797. The van der Waals surface area contributed by atoms with Gasteiger partial charge in [-0.3, -0.25) is 0 Å². The van der Waals surface area contributed by atoms with Crippen LogP contribution in [0.5, 0.6) is 23.0 Å². The van der Waals surface area contributed by atoms with Crippen LogP contribution in [-0.4, -0.2) is 35.1 Å². The summed E-state index contributed by atoms with van der Waals surface area (Å²) < 4.78 is 10.4. The van der Waals surface area contributed by atoms with Crippen LogP contribution in [0.1, 0.15) is 36.5 Å². The fraction of sp³-hybridized carbons (Fsp3) is 0.400. The van der Waals surface area contributed by atoms with Crippen LogP contribution in [0.25, 0.3) is 0 Å². The molecule has 3 rings (SSSR count). The summed E-state index contributed by atoms with van der Waals surface area (Å²) in [6, 6.07) is 8.57. The van der Waals surface area contributed by atoms with E-state index in [4.69, 9.17) is 9.47 Å². The highest BCUT2D eigenvalue weighted by Gasteiger charge is 2.44. The molecule has 1 aliphatic rings. The van der Waals surface area contributed by atoms with E-state index < -0.39 is 5.60 Å². The minimum Gasteiger partial charge on any atom is -0.504 e. The lowest BCUT2D eigenvalue weighted by atomic mass is 9.65. The largest absolute Gasteiger partial charge is 0.504 e. The van der Waals surface area contributed by atoms with Gasteiger partial charge in [0.15, 0.2) is 23.0 Å². The van der Waals surface area contributed by atoms with Gasteiger partial charge in [-0.1, -0.05) is 13.0 Å². The molecule has 0 bridgehead atoms. The van der Waals surface area contributed by atoms with E-state index >= 15 is 0 Å². The van der Waals surface area contributed by atoms with Crippen molar-refractivity contribution >= 4 is 0 Å². The van der Waals surface area contributed by atoms with Crippen molar-refractivity contribution in [1.29, 1.82) is 0 Å². The molecule has 5 heteroatoms. The first kappa shape index (κ1) is 17.4. The molecule has 0 saturated carbocycles. The van der Waals surface area contributed by atoms with Crippen molar-refractivity contribution in [3.05, 3.63) is 47.0 Å². The normalized spacial score (nSPS) is 25.3. The summed E-state index contributed by atoms with van der Waals surface area (Å²) in [7, 11) is 3.01. The van der Waals surface area contributed by atoms with E-state index in [1.807, 2.05) is 19.9 Å². The Labute approximate surface area is 147 Å². The molecule has 2 aromatic carbocycles. The highest BCUT2D eigenvalue weighted by Crippen LogP contribution is 2.49. The minimum absolute atomic E-state index is 0.000882. The van der Waals surface area contributed by atoms with Crippen molar-refractivity contribution in [2.45, 2.75) is 31.8 Å². The molecular weight excluding hydrogens is 320 g/mol. The second kappa shape index (κ2) is 6.15. The number of aromatic hydroxyl groups is 2. The molecule has 0 heterocycles. The highest BCUT2D eigenvalue weighted by atomic mass is 16.5. The molecular formula is C20H24O5. The molecule has 2 aromatic rings. The van der Waals surface area contributed by atoms with Crippen LogP contribution in [0.2, 0.25) is 0 Å². The number of benzene rings is 2. The number of rotatable bonds is 3. The van der Waals surface area contributed by atoms with Crippen molar-refractivity contribution in [3.8, 4) is 23.0 Å². The summed E-state index contributed by atoms with van der Waals surface area (Å²) in [6.07, 6.45) is 0.685. The van der Waals surface area contributed by atoms with Crippen LogP contribution in [-0.2, 0) is 6.42 Å². The average Bonchev–Trinajstić information content (AvgIpc) is 2.57. The molecule has 3 atom stereocenters. The Kier molecular flexibility index (Phi) is 4.29. The average molecular weight is 344 g/mol. The third-order valence-electron chi connectivity index (χ3n) is 5.40. The summed E-state index contributed by atoms with van der Waals surface area (Å²) in [5.74, 6) is 0.506. The van der Waals surface area contributed by atoms with Crippen LogP contribution >= 0.6 is 0 Å². The van der Waals surface area contributed by atoms with Crippen molar-refractivity contribution in [1.82, 2.24) is 0 Å². The predicted octanol–water partition coefficient (Wildman–Crippen LogP) is 3.19. The number of ether oxygens (including phenoxy) is 2. The van der Waals surface area contributed by atoms with Crippen LogP contribution < -0.4 is 9.47 Å². The summed E-state index contributed by atoms with van der Waals surface area (Å²) in [6.45, 7) is 3.82. The van der Waals surface area contributed by atoms with Crippen molar-refractivity contribution in [2.24, 2.45) is 5.92 Å². The monoisotopic (exact) mass is 344 g/mol. The van der Waals surface area contributed by atoms with Gasteiger partial charge in [0.25, 0.3) is 0 Å². The molecule has 3 N–H and O–H groups in total. The molecule has 0 aliphatic heterocycles. The van der Waals surface area contributed by atoms with Gasteiger partial charge in [0, 0.05) is 5.92 Å². The summed E-state index contributed by atoms with van der Waals surface area (Å²) in [4.78, 5) is 0. The molecule has 0 amide bonds. The number of phenols is 2. The SMILES string of the molecule is COc1cc([C@@H]2c3cc(O)c(OC)cc3C[C@H](C)[C@]2(C)O)ccc1O. The zero-order valence-corrected chi connectivity index (χ0v) is 14.9. The summed E-state index contributed by atoms with van der Waals surface area (Å²) in [5, 5.41) is 31.4. The molecule has 0 radical (unpaired) electrons. The zero-order chi connectivity index (χ0) is 18.4. The van der Waals surface area contributed by atoms with Gasteiger partial charge in [-0.15, -0.1) is 0 Å². The summed E-state index contributed by atoms with van der Waals surface area (Å²) >= 11 is 0. The molecule has 5 nitrogen and oxygen atoms in total. The number of hydrogen-bond donors (Lipinski definition) is 3. The number of fused-ring (bicyclic) bond motifs is 1. The number of hydrogen-bond acceptors (Lipinski definition) is 5. The van der Waals surface area contributed by atoms with E-state index in [0.29, 0.717) is 17.9 Å². The molecule has 0 spiro atoms. The second-order valence-corrected chi connectivity index (χ2v) is 6.92. The van der Waals surface area contributed by atoms with Crippen LogP contribution in [0.4, 0.5) is 0 Å². The van der Waals surface area contributed by atoms with Gasteiger partial charge < -0.3 is 24.8 Å². The van der Waals surface area contributed by atoms with Gasteiger partial charge in [-0.25, -0.2) is 0 Å². The van der Waals surface area contributed by atoms with Crippen molar-refractivity contribution in [3.63, 3.8) is 0 Å². The Morgan fingerprint density at radius 1 is 1.00 bits per heavy atom. The zero-order valence-electron chi connectivity index (χ0n) is 14.9. The van der Waals surface area contributed by atoms with Crippen LogP contribution in [0.15, 0.2) is 30.3 Å². The van der Waals surface area contributed by atoms with Gasteiger partial charge in [-0.2, -0.15) is 0 Å². The third kappa shape index (κ3) is 2.78.